The molecular formula is C13H15F3O4. The fourth-order valence-corrected chi connectivity index (χ4v) is 2.47. The molecule has 2 rings (SSSR count). The second-order valence-corrected chi connectivity index (χ2v) is 5.00. The van der Waals surface area contributed by atoms with Crippen molar-refractivity contribution in [3.63, 3.8) is 0 Å². The van der Waals surface area contributed by atoms with Crippen molar-refractivity contribution in [2.75, 3.05) is 7.11 Å². The second kappa shape index (κ2) is 5.12. The lowest BCUT2D eigenvalue weighted by atomic mass is 9.77. The Kier molecular flexibility index (Phi) is 3.82. The highest BCUT2D eigenvalue weighted by atomic mass is 19.4. The van der Waals surface area contributed by atoms with Crippen molar-refractivity contribution in [3.8, 4) is 0 Å². The molecule has 1 aromatic heterocycles. The van der Waals surface area contributed by atoms with Crippen LogP contribution in [0.4, 0.5) is 13.2 Å². The molecule has 4 nitrogen and oxygen atoms in total. The predicted molar refractivity (Wildman–Crippen MR) is 62.0 cm³/mol. The highest BCUT2D eigenvalue weighted by molar-refractivity contribution is 5.86. The van der Waals surface area contributed by atoms with Crippen molar-refractivity contribution >= 4 is 5.97 Å². The fraction of sp³-hybridized carbons (Fsp3) is 0.615. The third kappa shape index (κ3) is 2.82. The summed E-state index contributed by atoms with van der Waals surface area (Å²) in [6, 6.07) is 2.75. The molecule has 1 N–H and O–H groups in total. The van der Waals surface area contributed by atoms with Crippen LogP contribution in [0.2, 0.25) is 0 Å². The first-order valence-corrected chi connectivity index (χ1v) is 6.24. The standard InChI is InChI=1S/C13H15F3O4/c1-19-11(17)9-2-3-10(20-9)12(18)6-4-8(5-7-12)13(14,15)16/h2-3,8,18H,4-7H2,1H3. The van der Waals surface area contributed by atoms with E-state index in [1.165, 1.54) is 19.2 Å². The summed E-state index contributed by atoms with van der Waals surface area (Å²) in [5, 5.41) is 10.4. The molecule has 1 saturated carbocycles. The van der Waals surface area contributed by atoms with E-state index in [4.69, 9.17) is 4.42 Å². The number of ether oxygens (including phenoxy) is 1. The number of alkyl halides is 3. The van der Waals surface area contributed by atoms with Gasteiger partial charge in [0, 0.05) is 0 Å². The zero-order chi connectivity index (χ0) is 15.0. The molecule has 1 aromatic rings. The van der Waals surface area contributed by atoms with E-state index in [0.717, 1.165) is 0 Å². The summed E-state index contributed by atoms with van der Waals surface area (Å²) in [6.07, 6.45) is -4.65. The highest BCUT2D eigenvalue weighted by Crippen LogP contribution is 2.45. The van der Waals surface area contributed by atoms with Crippen molar-refractivity contribution in [1.29, 1.82) is 0 Å². The number of hydrogen-bond acceptors (Lipinski definition) is 4. The molecule has 7 heteroatoms. The van der Waals surface area contributed by atoms with Crippen molar-refractivity contribution in [3.05, 3.63) is 23.7 Å². The highest BCUT2D eigenvalue weighted by Gasteiger charge is 2.46. The van der Waals surface area contributed by atoms with Crippen LogP contribution in [0.25, 0.3) is 0 Å². The fourth-order valence-electron chi connectivity index (χ4n) is 2.47. The lowest BCUT2D eigenvalue weighted by Crippen LogP contribution is -2.36. The van der Waals surface area contributed by atoms with E-state index in [1.54, 1.807) is 0 Å². The maximum absolute atomic E-state index is 12.6. The predicted octanol–water partition coefficient (Wildman–Crippen LogP) is 3.01. The van der Waals surface area contributed by atoms with Gasteiger partial charge >= 0.3 is 12.1 Å². The van der Waals surface area contributed by atoms with Gasteiger partial charge in [0.1, 0.15) is 11.4 Å². The van der Waals surface area contributed by atoms with Crippen LogP contribution in [0.15, 0.2) is 16.5 Å². The van der Waals surface area contributed by atoms with E-state index >= 15 is 0 Å². The van der Waals surface area contributed by atoms with Crippen molar-refractivity contribution < 1.29 is 32.2 Å². The van der Waals surface area contributed by atoms with Crippen LogP contribution in [0.3, 0.4) is 0 Å². The molecule has 1 heterocycles. The summed E-state index contributed by atoms with van der Waals surface area (Å²) >= 11 is 0. The molecule has 0 unspecified atom stereocenters. The molecule has 20 heavy (non-hydrogen) atoms. The molecule has 0 aliphatic heterocycles. The third-order valence-corrected chi connectivity index (χ3v) is 3.73. The van der Waals surface area contributed by atoms with Crippen LogP contribution < -0.4 is 0 Å². The van der Waals surface area contributed by atoms with Gasteiger partial charge in [-0.1, -0.05) is 0 Å². The lowest BCUT2D eigenvalue weighted by molar-refractivity contribution is -0.194. The number of esters is 1. The van der Waals surface area contributed by atoms with Crippen LogP contribution in [0.1, 0.15) is 42.0 Å². The molecular weight excluding hydrogens is 277 g/mol. The lowest BCUT2D eigenvalue weighted by Gasteiger charge is -2.35. The average Bonchev–Trinajstić information content (AvgIpc) is 2.87. The number of halogens is 3. The summed E-state index contributed by atoms with van der Waals surface area (Å²) in [4.78, 5) is 11.3. The molecule has 0 atom stereocenters. The van der Waals surface area contributed by atoms with Gasteiger partial charge in [-0.25, -0.2) is 4.79 Å². The van der Waals surface area contributed by atoms with Gasteiger partial charge in [0.15, 0.2) is 0 Å². The van der Waals surface area contributed by atoms with E-state index in [2.05, 4.69) is 4.74 Å². The molecule has 0 spiro atoms. The summed E-state index contributed by atoms with van der Waals surface area (Å²) in [5.74, 6) is -2.05. The summed E-state index contributed by atoms with van der Waals surface area (Å²) in [7, 11) is 1.19. The smallest absolute Gasteiger partial charge is 0.391 e. The minimum atomic E-state index is -4.23. The van der Waals surface area contributed by atoms with Gasteiger partial charge in [-0.2, -0.15) is 13.2 Å². The Bertz CT molecular complexity index is 484. The largest absolute Gasteiger partial charge is 0.463 e. The number of aliphatic hydroxyl groups is 1. The summed E-state index contributed by atoms with van der Waals surface area (Å²) in [5.41, 5.74) is -1.45. The van der Waals surface area contributed by atoms with Crippen LogP contribution in [-0.4, -0.2) is 24.4 Å². The van der Waals surface area contributed by atoms with Gasteiger partial charge < -0.3 is 14.3 Å². The van der Waals surface area contributed by atoms with Crippen molar-refractivity contribution in [2.45, 2.75) is 37.5 Å². The van der Waals surface area contributed by atoms with E-state index in [1.807, 2.05) is 0 Å². The molecule has 112 valence electrons. The minimum Gasteiger partial charge on any atom is -0.463 e. The number of methoxy groups -OCH3 is 1. The van der Waals surface area contributed by atoms with E-state index in [0.29, 0.717) is 0 Å². The zero-order valence-corrected chi connectivity index (χ0v) is 10.9. The van der Waals surface area contributed by atoms with Crippen LogP contribution in [0.5, 0.6) is 0 Å². The van der Waals surface area contributed by atoms with E-state index in [-0.39, 0.29) is 37.2 Å². The molecule has 0 radical (unpaired) electrons. The monoisotopic (exact) mass is 292 g/mol. The molecule has 0 saturated heterocycles. The topological polar surface area (TPSA) is 59.7 Å². The Morgan fingerprint density at radius 3 is 2.50 bits per heavy atom. The van der Waals surface area contributed by atoms with Gasteiger partial charge in [0.25, 0.3) is 0 Å². The number of rotatable bonds is 2. The summed E-state index contributed by atoms with van der Waals surface area (Å²) in [6.45, 7) is 0. The Hall–Kier alpha value is -1.50. The molecule has 0 bridgehead atoms. The van der Waals surface area contributed by atoms with Gasteiger partial charge in [0.2, 0.25) is 5.76 Å². The third-order valence-electron chi connectivity index (χ3n) is 3.73. The Morgan fingerprint density at radius 1 is 1.40 bits per heavy atom. The summed E-state index contributed by atoms with van der Waals surface area (Å²) < 4.78 is 47.4. The van der Waals surface area contributed by atoms with Crippen LogP contribution >= 0.6 is 0 Å². The van der Waals surface area contributed by atoms with Gasteiger partial charge in [0.05, 0.1) is 13.0 Å². The van der Waals surface area contributed by atoms with Crippen molar-refractivity contribution in [2.24, 2.45) is 5.92 Å². The Labute approximate surface area is 113 Å². The van der Waals surface area contributed by atoms with Gasteiger partial charge in [-0.15, -0.1) is 0 Å². The minimum absolute atomic E-state index is 0.0503. The number of carbonyl (C=O) groups excluding carboxylic acids is 1. The van der Waals surface area contributed by atoms with E-state index in [9.17, 15) is 23.1 Å². The normalized spacial score (nSPS) is 27.4. The van der Waals surface area contributed by atoms with Crippen molar-refractivity contribution in [1.82, 2.24) is 0 Å². The number of hydrogen-bond donors (Lipinski definition) is 1. The number of furan rings is 1. The molecule has 1 aliphatic carbocycles. The second-order valence-electron chi connectivity index (χ2n) is 5.00. The van der Waals surface area contributed by atoms with Crippen LogP contribution in [-0.2, 0) is 10.3 Å². The Morgan fingerprint density at radius 2 is 2.00 bits per heavy atom. The SMILES string of the molecule is COC(=O)c1ccc(C2(O)CCC(C(F)(F)F)CC2)o1. The van der Waals surface area contributed by atoms with E-state index < -0.39 is 23.7 Å². The van der Waals surface area contributed by atoms with Gasteiger partial charge in [-0.3, -0.25) is 0 Å². The molecule has 0 aromatic carbocycles. The number of carbonyl (C=O) groups is 1. The average molecular weight is 292 g/mol. The Balaban J connectivity index is 2.10. The maximum Gasteiger partial charge on any atom is 0.391 e. The van der Waals surface area contributed by atoms with Gasteiger partial charge in [-0.05, 0) is 37.8 Å². The zero-order valence-electron chi connectivity index (χ0n) is 10.9. The molecule has 1 aliphatic rings. The first-order valence-electron chi connectivity index (χ1n) is 6.24. The molecule has 0 amide bonds. The quantitative estimate of drug-likeness (QED) is 0.851. The maximum atomic E-state index is 12.6. The van der Waals surface area contributed by atoms with Crippen LogP contribution in [0, 0.1) is 5.92 Å². The first-order chi connectivity index (χ1) is 9.26. The first kappa shape index (κ1) is 14.9. The molecule has 1 fully saturated rings.